The summed E-state index contributed by atoms with van der Waals surface area (Å²) in [6.45, 7) is 10.0. The Morgan fingerprint density at radius 1 is 1.03 bits per heavy atom. The Labute approximate surface area is 194 Å². The van der Waals surface area contributed by atoms with Crippen molar-refractivity contribution in [1.29, 1.82) is 0 Å². The van der Waals surface area contributed by atoms with Gasteiger partial charge in [-0.2, -0.15) is 0 Å². The molecule has 5 rings (SSSR count). The van der Waals surface area contributed by atoms with E-state index in [2.05, 4.69) is 57.8 Å². The molecule has 1 aromatic carbocycles. The number of ether oxygens (including phenoxy) is 1. The third-order valence-corrected chi connectivity index (χ3v) is 7.37. The summed E-state index contributed by atoms with van der Waals surface area (Å²) in [6.07, 6.45) is 3.55. The van der Waals surface area contributed by atoms with Gasteiger partial charge in [0.15, 0.2) is 0 Å². The predicted octanol–water partition coefficient (Wildman–Crippen LogP) is 4.48. The van der Waals surface area contributed by atoms with Gasteiger partial charge in [0.05, 0.1) is 25.1 Å². The third-order valence-electron chi connectivity index (χ3n) is 6.50. The Kier molecular flexibility index (Phi) is 6.97. The van der Waals surface area contributed by atoms with E-state index in [1.54, 1.807) is 11.3 Å². The topological polar surface area (TPSA) is 53.5 Å². The molecular formula is C25H33N5OS. The van der Waals surface area contributed by atoms with E-state index in [-0.39, 0.29) is 0 Å². The maximum absolute atomic E-state index is 5.51. The third kappa shape index (κ3) is 4.96. The molecule has 4 heterocycles. The van der Waals surface area contributed by atoms with Crippen LogP contribution in [0.5, 0.6) is 0 Å². The number of hydrogen-bond acceptors (Lipinski definition) is 7. The van der Waals surface area contributed by atoms with Gasteiger partial charge in [-0.3, -0.25) is 4.90 Å². The Morgan fingerprint density at radius 2 is 1.81 bits per heavy atom. The molecule has 2 fully saturated rings. The van der Waals surface area contributed by atoms with Gasteiger partial charge in [0, 0.05) is 43.2 Å². The number of nitrogens with zero attached hydrogens (tertiary/aromatic N) is 4. The highest BCUT2D eigenvalue weighted by Gasteiger charge is 2.23. The average Bonchev–Trinajstić information content (AvgIpc) is 3.26. The number of aromatic nitrogens is 2. The normalized spacial score (nSPS) is 18.9. The van der Waals surface area contributed by atoms with Crippen LogP contribution >= 0.6 is 11.3 Å². The molecule has 6 nitrogen and oxygen atoms in total. The highest BCUT2D eigenvalue weighted by molar-refractivity contribution is 7.17. The molecule has 2 saturated heterocycles. The summed E-state index contributed by atoms with van der Waals surface area (Å²) in [5, 5.41) is 7.25. The molecule has 7 heteroatoms. The van der Waals surface area contributed by atoms with E-state index in [0.717, 1.165) is 75.3 Å². The summed E-state index contributed by atoms with van der Waals surface area (Å²) in [7, 11) is 0. The SMILES string of the molecule is CCCN1CCC(Nc2nc(CN3CCOCC3)nc3scc(-c4ccccc4)c23)CC1. The van der Waals surface area contributed by atoms with E-state index < -0.39 is 0 Å². The van der Waals surface area contributed by atoms with E-state index in [1.165, 1.54) is 29.5 Å². The van der Waals surface area contributed by atoms with Crippen molar-refractivity contribution < 1.29 is 4.74 Å². The smallest absolute Gasteiger partial charge is 0.146 e. The maximum Gasteiger partial charge on any atom is 0.146 e. The van der Waals surface area contributed by atoms with Crippen LogP contribution in [0.3, 0.4) is 0 Å². The molecule has 2 aliphatic heterocycles. The van der Waals surface area contributed by atoms with Crippen molar-refractivity contribution in [3.8, 4) is 11.1 Å². The first-order valence-corrected chi connectivity index (χ1v) is 12.8. The lowest BCUT2D eigenvalue weighted by molar-refractivity contribution is 0.0331. The fourth-order valence-corrected chi connectivity index (χ4v) is 5.73. The number of hydrogen-bond donors (Lipinski definition) is 1. The summed E-state index contributed by atoms with van der Waals surface area (Å²) in [6, 6.07) is 11.1. The second kappa shape index (κ2) is 10.3. The molecule has 2 aliphatic rings. The maximum atomic E-state index is 5.51. The first-order valence-electron chi connectivity index (χ1n) is 11.9. The molecule has 170 valence electrons. The van der Waals surface area contributed by atoms with Crippen molar-refractivity contribution in [2.24, 2.45) is 0 Å². The molecular weight excluding hydrogens is 418 g/mol. The van der Waals surface area contributed by atoms with E-state index in [9.17, 15) is 0 Å². The first-order chi connectivity index (χ1) is 15.8. The minimum Gasteiger partial charge on any atom is -0.379 e. The number of thiophene rings is 1. The van der Waals surface area contributed by atoms with Crippen molar-refractivity contribution in [3.63, 3.8) is 0 Å². The zero-order valence-electron chi connectivity index (χ0n) is 18.9. The van der Waals surface area contributed by atoms with Crippen molar-refractivity contribution >= 4 is 27.4 Å². The zero-order valence-corrected chi connectivity index (χ0v) is 19.7. The minimum absolute atomic E-state index is 0.459. The molecule has 0 aliphatic carbocycles. The number of benzene rings is 1. The second-order valence-corrected chi connectivity index (χ2v) is 9.69. The van der Waals surface area contributed by atoms with Crippen LogP contribution < -0.4 is 5.32 Å². The van der Waals surface area contributed by atoms with Crippen LogP contribution in [0.2, 0.25) is 0 Å². The quantitative estimate of drug-likeness (QED) is 0.572. The zero-order chi connectivity index (χ0) is 21.8. The summed E-state index contributed by atoms with van der Waals surface area (Å²) in [5.74, 6) is 1.92. The first kappa shape index (κ1) is 21.8. The number of nitrogens with one attached hydrogen (secondary N) is 1. The van der Waals surface area contributed by atoms with Crippen LogP contribution in [0.4, 0.5) is 5.82 Å². The van der Waals surface area contributed by atoms with Crippen LogP contribution in [0.25, 0.3) is 21.3 Å². The van der Waals surface area contributed by atoms with Gasteiger partial charge in [-0.05, 0) is 31.4 Å². The Morgan fingerprint density at radius 3 is 2.56 bits per heavy atom. The standard InChI is InChI=1S/C25H33N5OS/c1-2-10-29-11-8-20(9-12-29)26-24-23-21(19-6-4-3-5-7-19)18-32-25(23)28-22(27-24)17-30-13-15-31-16-14-30/h3-7,18,20H,2,8-17H2,1H3,(H,26,27,28). The number of likely N-dealkylation sites (tertiary alicyclic amines) is 1. The summed E-state index contributed by atoms with van der Waals surface area (Å²) in [5.41, 5.74) is 2.46. The number of morpholine rings is 1. The van der Waals surface area contributed by atoms with Crippen LogP contribution in [-0.4, -0.2) is 71.7 Å². The summed E-state index contributed by atoms with van der Waals surface area (Å²) in [4.78, 5) is 16.1. The summed E-state index contributed by atoms with van der Waals surface area (Å²) < 4.78 is 5.51. The Bertz CT molecular complexity index is 1010. The van der Waals surface area contributed by atoms with Crippen molar-refractivity contribution in [1.82, 2.24) is 19.8 Å². The van der Waals surface area contributed by atoms with E-state index >= 15 is 0 Å². The molecule has 1 N–H and O–H groups in total. The number of fused-ring (bicyclic) bond motifs is 1. The molecule has 0 unspecified atom stereocenters. The second-order valence-electron chi connectivity index (χ2n) is 8.83. The molecule has 0 saturated carbocycles. The fourth-order valence-electron chi connectivity index (χ4n) is 4.76. The monoisotopic (exact) mass is 451 g/mol. The van der Waals surface area contributed by atoms with Gasteiger partial charge in [0.1, 0.15) is 16.5 Å². The van der Waals surface area contributed by atoms with E-state index in [4.69, 9.17) is 14.7 Å². The molecule has 32 heavy (non-hydrogen) atoms. The van der Waals surface area contributed by atoms with Gasteiger partial charge >= 0.3 is 0 Å². The molecule has 0 spiro atoms. The van der Waals surface area contributed by atoms with Crippen LogP contribution in [0.1, 0.15) is 32.0 Å². The van der Waals surface area contributed by atoms with Crippen molar-refractivity contribution in [2.75, 3.05) is 51.3 Å². The van der Waals surface area contributed by atoms with Crippen LogP contribution in [0.15, 0.2) is 35.7 Å². The highest BCUT2D eigenvalue weighted by Crippen LogP contribution is 2.37. The van der Waals surface area contributed by atoms with Gasteiger partial charge < -0.3 is 15.0 Å². The van der Waals surface area contributed by atoms with Gasteiger partial charge in [-0.1, -0.05) is 37.3 Å². The van der Waals surface area contributed by atoms with E-state index in [1.807, 2.05) is 0 Å². The minimum atomic E-state index is 0.459. The Hall–Kier alpha value is -2.06. The van der Waals surface area contributed by atoms with Crippen LogP contribution in [-0.2, 0) is 11.3 Å². The molecule has 0 atom stereocenters. The Balaban J connectivity index is 1.45. The molecule has 2 aromatic heterocycles. The summed E-state index contributed by atoms with van der Waals surface area (Å²) >= 11 is 1.73. The van der Waals surface area contributed by atoms with Gasteiger partial charge in [-0.25, -0.2) is 9.97 Å². The van der Waals surface area contributed by atoms with Gasteiger partial charge in [-0.15, -0.1) is 11.3 Å². The predicted molar refractivity (Wildman–Crippen MR) is 132 cm³/mol. The fraction of sp³-hybridized carbons (Fsp3) is 0.520. The average molecular weight is 452 g/mol. The highest BCUT2D eigenvalue weighted by atomic mass is 32.1. The largest absolute Gasteiger partial charge is 0.379 e. The molecule has 3 aromatic rings. The molecule has 0 amide bonds. The van der Waals surface area contributed by atoms with Crippen molar-refractivity contribution in [3.05, 3.63) is 41.5 Å². The molecule has 0 bridgehead atoms. The van der Waals surface area contributed by atoms with Gasteiger partial charge in [0.25, 0.3) is 0 Å². The van der Waals surface area contributed by atoms with E-state index in [0.29, 0.717) is 6.04 Å². The van der Waals surface area contributed by atoms with Crippen LogP contribution in [0, 0.1) is 0 Å². The molecule has 0 radical (unpaired) electrons. The number of piperidine rings is 1. The van der Waals surface area contributed by atoms with Gasteiger partial charge in [0.2, 0.25) is 0 Å². The lowest BCUT2D eigenvalue weighted by atomic mass is 10.0. The number of rotatable bonds is 7. The van der Waals surface area contributed by atoms with Crippen molar-refractivity contribution in [2.45, 2.75) is 38.8 Å². The lowest BCUT2D eigenvalue weighted by Gasteiger charge is -2.32. The number of anilines is 1. The lowest BCUT2D eigenvalue weighted by Crippen LogP contribution is -2.39.